The summed E-state index contributed by atoms with van der Waals surface area (Å²) in [6.07, 6.45) is 2.26. The van der Waals surface area contributed by atoms with Gasteiger partial charge in [0.15, 0.2) is 0 Å². The fraction of sp³-hybridized carbons (Fsp3) is 0.242. The van der Waals surface area contributed by atoms with Crippen LogP contribution in [0.3, 0.4) is 0 Å². The van der Waals surface area contributed by atoms with Crippen LogP contribution in [0.25, 0.3) is 0 Å². The highest BCUT2D eigenvalue weighted by Gasteiger charge is 2.29. The van der Waals surface area contributed by atoms with Crippen molar-refractivity contribution in [2.45, 2.75) is 32.2 Å². The Balaban J connectivity index is 1.48. The molecule has 1 aromatic heterocycles. The predicted octanol–water partition coefficient (Wildman–Crippen LogP) is 3.14. The van der Waals surface area contributed by atoms with Crippen molar-refractivity contribution in [3.63, 3.8) is 0 Å². The van der Waals surface area contributed by atoms with E-state index in [-0.39, 0.29) is 32.7 Å². The number of hydrogen-bond acceptors (Lipinski definition) is 8. The molecule has 0 aliphatic rings. The lowest BCUT2D eigenvalue weighted by Crippen LogP contribution is -2.52. The van der Waals surface area contributed by atoms with Gasteiger partial charge in [0, 0.05) is 24.9 Å². The van der Waals surface area contributed by atoms with Gasteiger partial charge in [0.2, 0.25) is 11.8 Å². The summed E-state index contributed by atoms with van der Waals surface area (Å²) in [5, 5.41) is 5.09. The Bertz CT molecular complexity index is 1510. The number of amides is 3. The molecule has 12 heteroatoms. The number of hydrogen-bond donors (Lipinski definition) is 3. The molecule has 234 valence electrons. The molecule has 0 unspecified atom stereocenters. The number of H-pyrrole nitrogens is 1. The van der Waals surface area contributed by atoms with E-state index in [9.17, 15) is 19.2 Å². The highest BCUT2D eigenvalue weighted by atomic mass is 16.5. The van der Waals surface area contributed by atoms with E-state index in [4.69, 9.17) is 9.47 Å². The van der Waals surface area contributed by atoms with Gasteiger partial charge in [0.05, 0.1) is 20.0 Å². The Morgan fingerprint density at radius 1 is 0.867 bits per heavy atom. The third kappa shape index (κ3) is 10.8. The molecular weight excluding hydrogens is 578 g/mol. The van der Waals surface area contributed by atoms with Gasteiger partial charge in [0.25, 0.3) is 0 Å². The van der Waals surface area contributed by atoms with Crippen molar-refractivity contribution in [3.05, 3.63) is 120 Å². The molecule has 1 atom stereocenters. The first-order chi connectivity index (χ1) is 21.9. The summed E-state index contributed by atoms with van der Waals surface area (Å²) >= 11 is 0. The lowest BCUT2D eigenvalue weighted by atomic mass is 10.1. The number of aromatic amines is 1. The fourth-order valence-electron chi connectivity index (χ4n) is 4.28. The van der Waals surface area contributed by atoms with Crippen LogP contribution in [0.5, 0.6) is 5.75 Å². The predicted molar refractivity (Wildman–Crippen MR) is 164 cm³/mol. The van der Waals surface area contributed by atoms with Crippen LogP contribution in [0.4, 0.5) is 4.79 Å². The molecule has 4 rings (SSSR count). The minimum absolute atomic E-state index is 0.00990. The molecule has 3 aromatic carbocycles. The van der Waals surface area contributed by atoms with Crippen molar-refractivity contribution in [1.82, 2.24) is 25.5 Å². The molecule has 0 aliphatic heterocycles. The lowest BCUT2D eigenvalue weighted by molar-refractivity contribution is -0.142. The van der Waals surface area contributed by atoms with E-state index >= 15 is 0 Å². The number of imidazole rings is 1. The number of carbonyl (C=O) groups excluding carboxylic acids is 4. The second-order valence-electron chi connectivity index (χ2n) is 10.0. The SMILES string of the molecule is COC(=O)CNC(=O)CN(Cc1ccc(OCc2ccccc2)cc1)C(=O)[C@H](Cc1cnc[nH]1)NC(=O)OCc1ccccc1. The third-order valence-electron chi connectivity index (χ3n) is 6.63. The van der Waals surface area contributed by atoms with Gasteiger partial charge in [-0.3, -0.25) is 14.4 Å². The van der Waals surface area contributed by atoms with Crippen molar-refractivity contribution in [3.8, 4) is 5.75 Å². The Kier molecular flexibility index (Phi) is 12.1. The average molecular weight is 614 g/mol. The maximum atomic E-state index is 14.0. The van der Waals surface area contributed by atoms with Crippen LogP contribution >= 0.6 is 0 Å². The molecule has 0 saturated heterocycles. The van der Waals surface area contributed by atoms with Crippen molar-refractivity contribution in [1.29, 1.82) is 0 Å². The van der Waals surface area contributed by atoms with Gasteiger partial charge in [-0.25, -0.2) is 9.78 Å². The van der Waals surface area contributed by atoms with E-state index in [1.807, 2.05) is 60.7 Å². The molecule has 3 N–H and O–H groups in total. The second kappa shape index (κ2) is 16.8. The molecule has 45 heavy (non-hydrogen) atoms. The van der Waals surface area contributed by atoms with E-state index in [1.54, 1.807) is 30.5 Å². The summed E-state index contributed by atoms with van der Waals surface area (Å²) in [7, 11) is 1.21. The highest BCUT2D eigenvalue weighted by Crippen LogP contribution is 2.17. The third-order valence-corrected chi connectivity index (χ3v) is 6.63. The van der Waals surface area contributed by atoms with E-state index in [2.05, 4.69) is 25.3 Å². The summed E-state index contributed by atoms with van der Waals surface area (Å²) in [5.74, 6) is -1.12. The first kappa shape index (κ1) is 32.3. The number of alkyl carbamates (subject to hydrolysis) is 1. The van der Waals surface area contributed by atoms with Crippen LogP contribution in [0, 0.1) is 0 Å². The summed E-state index contributed by atoms with van der Waals surface area (Å²) < 4.78 is 15.8. The number of ether oxygens (including phenoxy) is 3. The summed E-state index contributed by atoms with van der Waals surface area (Å²) in [6.45, 7) is -0.305. The van der Waals surface area contributed by atoms with Crippen LogP contribution in [0.1, 0.15) is 22.4 Å². The van der Waals surface area contributed by atoms with E-state index in [0.29, 0.717) is 23.6 Å². The number of nitrogens with one attached hydrogen (secondary N) is 3. The van der Waals surface area contributed by atoms with Crippen LogP contribution in [-0.4, -0.2) is 65.0 Å². The molecule has 0 saturated carbocycles. The number of aromatic nitrogens is 2. The smallest absolute Gasteiger partial charge is 0.408 e. The van der Waals surface area contributed by atoms with Gasteiger partial charge >= 0.3 is 12.1 Å². The molecule has 0 aliphatic carbocycles. The van der Waals surface area contributed by atoms with Crippen molar-refractivity contribution in [2.75, 3.05) is 20.2 Å². The van der Waals surface area contributed by atoms with Crippen LogP contribution in [0.2, 0.25) is 0 Å². The number of carbonyl (C=O) groups is 4. The van der Waals surface area contributed by atoms with Gasteiger partial charge in [-0.1, -0.05) is 72.8 Å². The normalized spacial score (nSPS) is 11.1. The minimum Gasteiger partial charge on any atom is -0.489 e. The Hall–Kier alpha value is -5.65. The topological polar surface area (TPSA) is 152 Å². The standard InChI is InChI=1S/C33H35N5O7/c1-43-31(40)18-35-30(39)20-38(19-24-12-14-28(15-13-24)44-21-25-8-4-2-5-9-25)32(41)29(16-27-17-34-23-36-27)37-33(42)45-22-26-10-6-3-7-11-26/h2-15,17,23,29H,16,18-22H2,1H3,(H,34,36)(H,35,39)(H,37,42)/t29-/m0/s1. The largest absolute Gasteiger partial charge is 0.489 e. The number of esters is 1. The van der Waals surface area contributed by atoms with E-state index in [0.717, 1.165) is 11.1 Å². The van der Waals surface area contributed by atoms with E-state index < -0.39 is 29.9 Å². The zero-order valence-corrected chi connectivity index (χ0v) is 24.8. The van der Waals surface area contributed by atoms with Crippen molar-refractivity contribution < 1.29 is 33.4 Å². The number of methoxy groups -OCH3 is 1. The summed E-state index contributed by atoms with van der Waals surface area (Å²) in [5.41, 5.74) is 3.11. The number of benzene rings is 3. The highest BCUT2D eigenvalue weighted by molar-refractivity contribution is 5.90. The van der Waals surface area contributed by atoms with Gasteiger partial charge in [0.1, 0.15) is 31.5 Å². The number of rotatable bonds is 15. The summed E-state index contributed by atoms with van der Waals surface area (Å²) in [6, 6.07) is 24.9. The molecule has 0 bridgehead atoms. The van der Waals surface area contributed by atoms with Crippen LogP contribution in [0.15, 0.2) is 97.5 Å². The van der Waals surface area contributed by atoms with Gasteiger partial charge in [-0.2, -0.15) is 0 Å². The van der Waals surface area contributed by atoms with E-state index in [1.165, 1.54) is 18.3 Å². The van der Waals surface area contributed by atoms with Crippen LogP contribution < -0.4 is 15.4 Å². The molecule has 0 spiro atoms. The number of nitrogens with zero attached hydrogens (tertiary/aromatic N) is 2. The molecule has 0 fully saturated rings. The fourth-order valence-corrected chi connectivity index (χ4v) is 4.28. The average Bonchev–Trinajstić information content (AvgIpc) is 3.59. The Labute approximate surface area is 260 Å². The van der Waals surface area contributed by atoms with Crippen LogP contribution in [-0.2, 0) is 50.0 Å². The maximum Gasteiger partial charge on any atom is 0.408 e. The molecule has 3 amide bonds. The maximum absolute atomic E-state index is 14.0. The second-order valence-corrected chi connectivity index (χ2v) is 10.0. The van der Waals surface area contributed by atoms with Crippen molar-refractivity contribution in [2.24, 2.45) is 0 Å². The molecule has 12 nitrogen and oxygen atoms in total. The zero-order chi connectivity index (χ0) is 31.9. The lowest BCUT2D eigenvalue weighted by Gasteiger charge is -2.27. The Morgan fingerprint density at radius 3 is 2.16 bits per heavy atom. The minimum atomic E-state index is -1.10. The summed E-state index contributed by atoms with van der Waals surface area (Å²) in [4.78, 5) is 59.4. The first-order valence-electron chi connectivity index (χ1n) is 14.2. The first-order valence-corrected chi connectivity index (χ1v) is 14.2. The molecule has 0 radical (unpaired) electrons. The molecule has 4 aromatic rings. The monoisotopic (exact) mass is 613 g/mol. The Morgan fingerprint density at radius 2 is 1.53 bits per heavy atom. The van der Waals surface area contributed by atoms with Gasteiger partial charge in [-0.05, 0) is 28.8 Å². The molecular formula is C33H35N5O7. The molecule has 1 heterocycles. The quantitative estimate of drug-likeness (QED) is 0.173. The zero-order valence-electron chi connectivity index (χ0n) is 24.8. The van der Waals surface area contributed by atoms with Gasteiger partial charge < -0.3 is 34.7 Å². The van der Waals surface area contributed by atoms with Crippen molar-refractivity contribution >= 4 is 23.9 Å². The van der Waals surface area contributed by atoms with Gasteiger partial charge in [-0.15, -0.1) is 0 Å².